The first kappa shape index (κ1) is 17.1. The number of ether oxygens (including phenoxy) is 1. The minimum absolute atomic E-state index is 0. The van der Waals surface area contributed by atoms with Crippen LogP contribution in [0.3, 0.4) is 0 Å². The molecule has 0 fully saturated rings. The molecule has 0 bridgehead atoms. The maximum absolute atomic E-state index is 11.9. The van der Waals surface area contributed by atoms with Crippen molar-refractivity contribution in [1.29, 1.82) is 0 Å². The van der Waals surface area contributed by atoms with E-state index in [2.05, 4.69) is 28.7 Å². The van der Waals surface area contributed by atoms with Crippen LogP contribution in [0.2, 0.25) is 0 Å². The molecule has 1 aliphatic heterocycles. The molecule has 1 aliphatic rings. The van der Waals surface area contributed by atoms with Crippen LogP contribution in [-0.2, 0) is 37.5 Å². The Bertz CT molecular complexity index is 473. The van der Waals surface area contributed by atoms with Crippen molar-refractivity contribution in [2.75, 3.05) is 13.7 Å². The first-order chi connectivity index (χ1) is 8.63. The van der Waals surface area contributed by atoms with E-state index in [0.717, 1.165) is 17.0 Å². The number of alkyl halides is 1. The molecule has 3 nitrogen and oxygen atoms in total. The zero-order chi connectivity index (χ0) is 13.1. The van der Waals surface area contributed by atoms with Crippen molar-refractivity contribution in [2.24, 2.45) is 0 Å². The first-order valence-electron chi connectivity index (χ1n) is 5.89. The van der Waals surface area contributed by atoms with Gasteiger partial charge < -0.3 is 9.64 Å². The Hall–Kier alpha value is 0.0639. The summed E-state index contributed by atoms with van der Waals surface area (Å²) in [6, 6.07) is 7.76. The number of halogens is 1. The first-order valence-corrected chi connectivity index (χ1v) is 7.13. The Kier molecular flexibility index (Phi) is 6.98. The molecule has 0 saturated heterocycles. The van der Waals surface area contributed by atoms with Crippen LogP contribution >= 0.6 is 22.6 Å². The monoisotopic (exact) mass is 445 g/mol. The Balaban J connectivity index is 0.00000180. The zero-order valence-electron chi connectivity index (χ0n) is 11.0. The number of hydrogen-bond acceptors (Lipinski definition) is 2. The summed E-state index contributed by atoms with van der Waals surface area (Å²) in [5.41, 5.74) is 1.86. The third-order valence-electron chi connectivity index (χ3n) is 2.82. The number of hydrogen-bond donors (Lipinski definition) is 0. The van der Waals surface area contributed by atoms with Crippen LogP contribution in [0.4, 0.5) is 0 Å². The molecule has 1 aromatic rings. The van der Waals surface area contributed by atoms with E-state index >= 15 is 0 Å². The Morgan fingerprint density at radius 1 is 1.42 bits per heavy atom. The van der Waals surface area contributed by atoms with E-state index in [1.165, 1.54) is 0 Å². The van der Waals surface area contributed by atoms with Gasteiger partial charge in [-0.1, -0.05) is 29.0 Å². The second-order valence-corrected chi connectivity index (χ2v) is 5.56. The van der Waals surface area contributed by atoms with Crippen LogP contribution in [-0.4, -0.2) is 28.4 Å². The van der Waals surface area contributed by atoms with Crippen LogP contribution in [0.15, 0.2) is 24.3 Å². The fraction of sp³-hybridized carbons (Fsp3) is 0.357. The SMILES string of the molecule is CCOc1ccc(C2=[C-]CC(I)C(=O)N2C)cc1.[Y]. The number of carbonyl (C=O) groups is 1. The molecular formula is C14H15INO2Y-. The van der Waals surface area contributed by atoms with Gasteiger partial charge in [-0.25, -0.2) is 6.08 Å². The normalized spacial score (nSPS) is 18.7. The molecule has 5 heteroatoms. The number of amides is 1. The minimum atomic E-state index is -0.000882. The standard InChI is InChI=1S/C14H15INO2.Y/c1-3-18-11-6-4-10(5-7-11)13-9-8-12(15)14(17)16(13)2;/h4-7,12H,3,8H2,1-2H3;/q-1;. The Morgan fingerprint density at radius 3 is 2.63 bits per heavy atom. The van der Waals surface area contributed by atoms with Crippen molar-refractivity contribution in [2.45, 2.75) is 17.3 Å². The van der Waals surface area contributed by atoms with E-state index in [-0.39, 0.29) is 42.5 Å². The van der Waals surface area contributed by atoms with E-state index in [0.29, 0.717) is 13.0 Å². The summed E-state index contributed by atoms with van der Waals surface area (Å²) in [5.74, 6) is 0.983. The molecule has 99 valence electrons. The Labute approximate surface area is 152 Å². The maximum Gasteiger partial charge on any atom is 0.235 e. The topological polar surface area (TPSA) is 29.5 Å². The predicted molar refractivity (Wildman–Crippen MR) is 79.5 cm³/mol. The number of benzene rings is 1. The molecule has 1 heterocycles. The van der Waals surface area contributed by atoms with E-state index in [9.17, 15) is 4.79 Å². The molecule has 0 spiro atoms. The fourth-order valence-electron chi connectivity index (χ4n) is 1.88. The van der Waals surface area contributed by atoms with Crippen molar-refractivity contribution in [3.8, 4) is 5.75 Å². The molecule has 2 rings (SSSR count). The predicted octanol–water partition coefficient (Wildman–Crippen LogP) is 2.89. The van der Waals surface area contributed by atoms with E-state index in [1.54, 1.807) is 11.9 Å². The summed E-state index contributed by atoms with van der Waals surface area (Å²) in [7, 11) is 1.80. The number of carbonyl (C=O) groups excluding carboxylic acids is 1. The van der Waals surface area contributed by atoms with Gasteiger partial charge in [0.05, 0.1) is 10.5 Å². The number of nitrogens with zero attached hydrogens (tertiary/aromatic N) is 1. The molecule has 0 N–H and O–H groups in total. The number of allylic oxidation sites excluding steroid dienone is 1. The molecule has 19 heavy (non-hydrogen) atoms. The van der Waals surface area contributed by atoms with Crippen molar-refractivity contribution in [1.82, 2.24) is 4.90 Å². The molecular weight excluding hydrogens is 430 g/mol. The average molecular weight is 445 g/mol. The van der Waals surface area contributed by atoms with Gasteiger partial charge in [0.1, 0.15) is 5.75 Å². The third kappa shape index (κ3) is 4.02. The van der Waals surface area contributed by atoms with Crippen molar-refractivity contribution < 1.29 is 42.2 Å². The Morgan fingerprint density at radius 2 is 2.05 bits per heavy atom. The van der Waals surface area contributed by atoms with Gasteiger partial charge in [-0.3, -0.25) is 4.79 Å². The van der Waals surface area contributed by atoms with Crippen LogP contribution in [0.25, 0.3) is 5.70 Å². The smallest absolute Gasteiger partial charge is 0.235 e. The summed E-state index contributed by atoms with van der Waals surface area (Å²) in [4.78, 5) is 13.6. The van der Waals surface area contributed by atoms with Gasteiger partial charge in [-0.2, -0.15) is 5.56 Å². The second-order valence-electron chi connectivity index (χ2n) is 4.05. The van der Waals surface area contributed by atoms with E-state index < -0.39 is 0 Å². The van der Waals surface area contributed by atoms with Crippen LogP contribution in [0.1, 0.15) is 18.9 Å². The van der Waals surface area contributed by atoms with E-state index in [4.69, 9.17) is 4.74 Å². The van der Waals surface area contributed by atoms with Gasteiger partial charge in [-0.05, 0) is 19.1 Å². The van der Waals surface area contributed by atoms with Crippen molar-refractivity contribution in [3.63, 3.8) is 0 Å². The van der Waals surface area contributed by atoms with Crippen LogP contribution < -0.4 is 4.74 Å². The summed E-state index contributed by atoms with van der Waals surface area (Å²) in [6.45, 7) is 2.61. The molecule has 1 aromatic carbocycles. The summed E-state index contributed by atoms with van der Waals surface area (Å²) in [6.07, 6.45) is 3.96. The molecule has 0 aromatic heterocycles. The molecule has 0 aliphatic carbocycles. The molecule has 1 amide bonds. The van der Waals surface area contributed by atoms with E-state index in [1.807, 2.05) is 31.2 Å². The summed E-state index contributed by atoms with van der Waals surface area (Å²) in [5, 5.41) is 0. The molecule has 1 unspecified atom stereocenters. The molecule has 1 atom stereocenters. The largest absolute Gasteiger partial charge is 0.494 e. The van der Waals surface area contributed by atoms with Crippen molar-refractivity contribution >= 4 is 34.2 Å². The summed E-state index contributed by atoms with van der Waals surface area (Å²) < 4.78 is 5.40. The van der Waals surface area contributed by atoms with Crippen molar-refractivity contribution in [3.05, 3.63) is 35.9 Å². The van der Waals surface area contributed by atoms with Gasteiger partial charge >= 0.3 is 0 Å². The maximum atomic E-state index is 11.9. The van der Waals surface area contributed by atoms with Gasteiger partial charge in [0.15, 0.2) is 0 Å². The molecule has 1 radical (unpaired) electrons. The van der Waals surface area contributed by atoms with Crippen LogP contribution in [0.5, 0.6) is 5.75 Å². The molecule has 0 saturated carbocycles. The van der Waals surface area contributed by atoms with Gasteiger partial charge in [-0.15, -0.1) is 17.8 Å². The van der Waals surface area contributed by atoms with Gasteiger partial charge in [0, 0.05) is 39.8 Å². The van der Waals surface area contributed by atoms with Gasteiger partial charge in [0.2, 0.25) is 5.91 Å². The third-order valence-corrected chi connectivity index (χ3v) is 3.79. The quantitative estimate of drug-likeness (QED) is 0.407. The average Bonchev–Trinajstić information content (AvgIpc) is 2.38. The van der Waals surface area contributed by atoms with Crippen LogP contribution in [0, 0.1) is 6.08 Å². The second kappa shape index (κ2) is 7.74. The fourth-order valence-corrected chi connectivity index (χ4v) is 2.52. The number of rotatable bonds is 3. The van der Waals surface area contributed by atoms with Gasteiger partial charge in [0.25, 0.3) is 0 Å². The summed E-state index contributed by atoms with van der Waals surface area (Å²) >= 11 is 2.16. The zero-order valence-corrected chi connectivity index (χ0v) is 16.0. The minimum Gasteiger partial charge on any atom is -0.494 e.